The molecule has 2 nitrogen and oxygen atoms in total. The van der Waals surface area contributed by atoms with Crippen molar-refractivity contribution >= 4 is 8.03 Å². The van der Waals surface area contributed by atoms with E-state index in [0.29, 0.717) is 5.31 Å². The predicted molar refractivity (Wildman–Crippen MR) is 44.4 cm³/mol. The van der Waals surface area contributed by atoms with Gasteiger partial charge in [0.25, 0.3) is 0 Å². The first-order valence-corrected chi connectivity index (χ1v) is 4.88. The molecular weight excluding hydrogens is 147 g/mol. The van der Waals surface area contributed by atoms with Gasteiger partial charge < -0.3 is 4.89 Å². The third kappa shape index (κ3) is 2.68. The first-order valence-electron chi connectivity index (χ1n) is 3.53. The van der Waals surface area contributed by atoms with E-state index in [1.165, 1.54) is 0 Å². The highest BCUT2D eigenvalue weighted by Crippen LogP contribution is 2.34. The van der Waals surface area contributed by atoms with Crippen LogP contribution < -0.4 is 0 Å². The summed E-state index contributed by atoms with van der Waals surface area (Å²) in [6.45, 7) is 5.79. The monoisotopic (exact) mass is 162 g/mol. The molecule has 0 aliphatic rings. The predicted octanol–water partition coefficient (Wildman–Crippen LogP) is 2.40. The van der Waals surface area contributed by atoms with Gasteiger partial charge in [-0.3, -0.25) is 4.57 Å². The van der Waals surface area contributed by atoms with Gasteiger partial charge in [0.1, 0.15) is 0 Å². The fraction of sp³-hybridized carbons (Fsp3) is 0.714. The molecule has 0 saturated heterocycles. The van der Waals surface area contributed by atoms with E-state index in [-0.39, 0.29) is 5.92 Å². The van der Waals surface area contributed by atoms with Crippen molar-refractivity contribution in [1.82, 2.24) is 0 Å². The Bertz CT molecular complexity index is 152. The summed E-state index contributed by atoms with van der Waals surface area (Å²) in [6, 6.07) is 0. The second kappa shape index (κ2) is 4.70. The van der Waals surface area contributed by atoms with Crippen LogP contribution in [0.1, 0.15) is 27.2 Å². The Morgan fingerprint density at radius 3 is 2.40 bits per heavy atom. The normalized spacial score (nSPS) is 18.6. The lowest BCUT2D eigenvalue weighted by Crippen LogP contribution is -1.92. The molecule has 0 aliphatic heterocycles. The zero-order chi connectivity index (χ0) is 8.15. The van der Waals surface area contributed by atoms with E-state index in [1.807, 2.05) is 13.8 Å². The Kier molecular flexibility index (Phi) is 4.67. The lowest BCUT2D eigenvalue weighted by atomic mass is 10.1. The minimum Gasteiger partial charge on any atom is -0.343 e. The molecule has 0 fully saturated rings. The first-order chi connectivity index (χ1) is 4.63. The van der Waals surface area contributed by atoms with E-state index in [0.717, 1.165) is 6.42 Å². The number of rotatable bonds is 3. The van der Waals surface area contributed by atoms with Gasteiger partial charge in [-0.1, -0.05) is 19.9 Å². The van der Waals surface area contributed by atoms with Crippen molar-refractivity contribution in [3.63, 3.8) is 0 Å². The molecule has 3 heteroatoms. The van der Waals surface area contributed by atoms with E-state index >= 15 is 0 Å². The van der Waals surface area contributed by atoms with Crippen LogP contribution in [0, 0.1) is 5.92 Å². The van der Waals surface area contributed by atoms with Crippen LogP contribution in [-0.2, 0) is 4.57 Å². The number of allylic oxidation sites excluding steroid dienone is 2. The third-order valence-electron chi connectivity index (χ3n) is 1.70. The molecule has 0 heterocycles. The minimum absolute atomic E-state index is 0.251. The Balaban J connectivity index is 4.23. The van der Waals surface area contributed by atoms with Gasteiger partial charge in [0.2, 0.25) is 8.03 Å². The van der Waals surface area contributed by atoms with Crippen LogP contribution in [0.2, 0.25) is 0 Å². The van der Waals surface area contributed by atoms with Crippen LogP contribution in [0.5, 0.6) is 0 Å². The molecule has 10 heavy (non-hydrogen) atoms. The molecule has 2 atom stereocenters. The van der Waals surface area contributed by atoms with Crippen LogP contribution in [-0.4, -0.2) is 4.89 Å². The maximum Gasteiger partial charge on any atom is 0.214 e. The lowest BCUT2D eigenvalue weighted by Gasteiger charge is -2.08. The standard InChI is InChI=1S/C7H15O2P/c1-4-6(3)7(5-2)10(8)9/h5-6,10H,4H2,1-3H3,(H,8,9). The SMILES string of the molecule is CC=C(C(C)CC)[PH](=O)O. The lowest BCUT2D eigenvalue weighted by molar-refractivity contribution is 0.501. The fourth-order valence-corrected chi connectivity index (χ4v) is 1.71. The molecule has 0 bridgehead atoms. The van der Waals surface area contributed by atoms with Gasteiger partial charge in [-0.05, 0) is 19.3 Å². The first kappa shape index (κ1) is 9.93. The Hall–Kier alpha value is -0.0700. The van der Waals surface area contributed by atoms with Gasteiger partial charge in [-0.25, -0.2) is 0 Å². The van der Waals surface area contributed by atoms with E-state index in [2.05, 4.69) is 0 Å². The van der Waals surface area contributed by atoms with Crippen LogP contribution in [0.4, 0.5) is 0 Å². The van der Waals surface area contributed by atoms with Crippen molar-refractivity contribution in [2.45, 2.75) is 27.2 Å². The van der Waals surface area contributed by atoms with Gasteiger partial charge in [0.15, 0.2) is 0 Å². The molecule has 2 unspecified atom stereocenters. The van der Waals surface area contributed by atoms with Crippen molar-refractivity contribution in [1.29, 1.82) is 0 Å². The van der Waals surface area contributed by atoms with Crippen LogP contribution >= 0.6 is 8.03 Å². The van der Waals surface area contributed by atoms with Gasteiger partial charge in [0.05, 0.1) is 0 Å². The summed E-state index contributed by atoms with van der Waals surface area (Å²) in [4.78, 5) is 8.79. The van der Waals surface area contributed by atoms with E-state index in [9.17, 15) is 4.57 Å². The molecule has 0 aromatic heterocycles. The molecule has 0 aliphatic carbocycles. The minimum atomic E-state index is -2.42. The summed E-state index contributed by atoms with van der Waals surface area (Å²) < 4.78 is 10.6. The van der Waals surface area contributed by atoms with Gasteiger partial charge in [-0.15, -0.1) is 0 Å². The highest BCUT2D eigenvalue weighted by molar-refractivity contribution is 7.43. The largest absolute Gasteiger partial charge is 0.343 e. The summed E-state index contributed by atoms with van der Waals surface area (Å²) in [7, 11) is -2.42. The Labute approximate surface area is 62.8 Å². The molecular formula is C7H15O2P. The second-order valence-corrected chi connectivity index (χ2v) is 3.55. The molecule has 0 saturated carbocycles. The summed E-state index contributed by atoms with van der Waals surface area (Å²) in [5, 5.41) is 0.701. The van der Waals surface area contributed by atoms with E-state index in [4.69, 9.17) is 4.89 Å². The summed E-state index contributed by atoms with van der Waals surface area (Å²) in [5.74, 6) is 0.251. The molecule has 0 aromatic carbocycles. The van der Waals surface area contributed by atoms with Crippen molar-refractivity contribution in [3.8, 4) is 0 Å². The Morgan fingerprint density at radius 2 is 2.30 bits per heavy atom. The quantitative estimate of drug-likeness (QED) is 0.647. The smallest absolute Gasteiger partial charge is 0.214 e. The maximum absolute atomic E-state index is 10.6. The summed E-state index contributed by atoms with van der Waals surface area (Å²) in [6.07, 6.45) is 2.67. The second-order valence-electron chi connectivity index (χ2n) is 2.36. The van der Waals surface area contributed by atoms with E-state index < -0.39 is 8.03 Å². The van der Waals surface area contributed by atoms with Gasteiger partial charge >= 0.3 is 0 Å². The molecule has 60 valence electrons. The molecule has 0 aromatic rings. The summed E-state index contributed by atoms with van der Waals surface area (Å²) >= 11 is 0. The van der Waals surface area contributed by atoms with Crippen LogP contribution in [0.3, 0.4) is 0 Å². The number of hydrogen-bond acceptors (Lipinski definition) is 1. The van der Waals surface area contributed by atoms with Crippen molar-refractivity contribution in [2.24, 2.45) is 5.92 Å². The zero-order valence-electron chi connectivity index (χ0n) is 6.72. The van der Waals surface area contributed by atoms with Crippen molar-refractivity contribution in [2.75, 3.05) is 0 Å². The van der Waals surface area contributed by atoms with Crippen molar-refractivity contribution < 1.29 is 9.46 Å². The van der Waals surface area contributed by atoms with Crippen LogP contribution in [0.15, 0.2) is 11.4 Å². The van der Waals surface area contributed by atoms with Crippen LogP contribution in [0.25, 0.3) is 0 Å². The third-order valence-corrected chi connectivity index (χ3v) is 2.98. The van der Waals surface area contributed by atoms with Crippen molar-refractivity contribution in [3.05, 3.63) is 11.4 Å². The Morgan fingerprint density at radius 1 is 1.80 bits per heavy atom. The molecule has 0 amide bonds. The van der Waals surface area contributed by atoms with E-state index in [1.54, 1.807) is 13.0 Å². The van der Waals surface area contributed by atoms with Gasteiger partial charge in [0, 0.05) is 5.31 Å². The summed E-state index contributed by atoms with van der Waals surface area (Å²) in [5.41, 5.74) is 0. The molecule has 0 radical (unpaired) electrons. The average Bonchev–Trinajstić information content (AvgIpc) is 1.88. The zero-order valence-corrected chi connectivity index (χ0v) is 7.72. The fourth-order valence-electron chi connectivity index (χ4n) is 0.839. The molecule has 0 spiro atoms. The average molecular weight is 162 g/mol. The number of hydrogen-bond donors (Lipinski definition) is 1. The maximum atomic E-state index is 10.6. The van der Waals surface area contributed by atoms with Gasteiger partial charge in [-0.2, -0.15) is 0 Å². The highest BCUT2D eigenvalue weighted by Gasteiger charge is 2.09. The topological polar surface area (TPSA) is 37.3 Å². The highest BCUT2D eigenvalue weighted by atomic mass is 31.1. The molecule has 0 rings (SSSR count). The molecule has 1 N–H and O–H groups in total.